The molecule has 2 aromatic rings. The predicted octanol–water partition coefficient (Wildman–Crippen LogP) is 2.69. The molecule has 4 nitrogen and oxygen atoms in total. The van der Waals surface area contributed by atoms with Crippen molar-refractivity contribution in [2.24, 2.45) is 0 Å². The van der Waals surface area contributed by atoms with Gasteiger partial charge in [0.1, 0.15) is 0 Å². The van der Waals surface area contributed by atoms with Gasteiger partial charge in [-0.05, 0) is 43.2 Å². The molecule has 0 bridgehead atoms. The molecule has 2 N–H and O–H groups in total. The molecular formula is C16H18N2O2. The average molecular weight is 270 g/mol. The summed E-state index contributed by atoms with van der Waals surface area (Å²) >= 11 is 0. The Balaban J connectivity index is 1.89. The summed E-state index contributed by atoms with van der Waals surface area (Å²) in [5.41, 5.74) is 4.62. The molecule has 0 aliphatic heterocycles. The second-order valence-electron chi connectivity index (χ2n) is 4.81. The summed E-state index contributed by atoms with van der Waals surface area (Å²) in [6.45, 7) is 5.43. The number of rotatable bonds is 5. The molecule has 1 aromatic heterocycles. The highest BCUT2D eigenvalue weighted by Crippen LogP contribution is 2.06. The van der Waals surface area contributed by atoms with E-state index in [4.69, 9.17) is 5.11 Å². The lowest BCUT2D eigenvalue weighted by molar-refractivity contribution is 0.0697. The monoisotopic (exact) mass is 270 g/mol. The van der Waals surface area contributed by atoms with E-state index in [1.54, 1.807) is 12.1 Å². The Hall–Kier alpha value is -2.20. The number of aryl methyl sites for hydroxylation is 2. The second-order valence-corrected chi connectivity index (χ2v) is 4.81. The summed E-state index contributed by atoms with van der Waals surface area (Å²) in [7, 11) is 0. The number of hydrogen-bond acceptors (Lipinski definition) is 3. The third-order valence-electron chi connectivity index (χ3n) is 3.24. The van der Waals surface area contributed by atoms with Gasteiger partial charge in [-0.15, -0.1) is 0 Å². The largest absolute Gasteiger partial charge is 0.478 e. The molecule has 0 radical (unpaired) electrons. The third-order valence-corrected chi connectivity index (χ3v) is 3.24. The summed E-state index contributed by atoms with van der Waals surface area (Å²) in [6.07, 6.45) is 0. The Morgan fingerprint density at radius 3 is 2.40 bits per heavy atom. The van der Waals surface area contributed by atoms with Crippen LogP contribution >= 0.6 is 0 Å². The predicted molar refractivity (Wildman–Crippen MR) is 77.7 cm³/mol. The molecular weight excluding hydrogens is 252 g/mol. The summed E-state index contributed by atoms with van der Waals surface area (Å²) in [4.78, 5) is 15.2. The van der Waals surface area contributed by atoms with Gasteiger partial charge in [-0.2, -0.15) is 0 Å². The molecule has 4 heteroatoms. The zero-order valence-corrected chi connectivity index (χ0v) is 11.7. The Labute approximate surface area is 118 Å². The van der Waals surface area contributed by atoms with Gasteiger partial charge in [0.2, 0.25) is 0 Å². The standard InChI is InChI=1S/C16H18N2O2/c1-11-3-8-15(18-12(11)2)10-17-9-13-4-6-14(7-5-13)16(19)20/h3-8,17H,9-10H2,1-2H3,(H,19,20). The van der Waals surface area contributed by atoms with Crippen LogP contribution in [0.5, 0.6) is 0 Å². The molecule has 0 fully saturated rings. The maximum Gasteiger partial charge on any atom is 0.335 e. The van der Waals surface area contributed by atoms with Gasteiger partial charge in [-0.3, -0.25) is 4.98 Å². The van der Waals surface area contributed by atoms with E-state index < -0.39 is 5.97 Å². The average Bonchev–Trinajstić information content (AvgIpc) is 2.43. The minimum atomic E-state index is -0.899. The Bertz CT molecular complexity index is 606. The van der Waals surface area contributed by atoms with Crippen molar-refractivity contribution in [1.82, 2.24) is 10.3 Å². The van der Waals surface area contributed by atoms with Gasteiger partial charge < -0.3 is 10.4 Å². The first-order valence-electron chi connectivity index (χ1n) is 6.52. The zero-order chi connectivity index (χ0) is 14.5. The van der Waals surface area contributed by atoms with Crippen LogP contribution in [0.1, 0.15) is 32.9 Å². The van der Waals surface area contributed by atoms with E-state index in [0.29, 0.717) is 18.7 Å². The molecule has 0 spiro atoms. The first kappa shape index (κ1) is 14.2. The van der Waals surface area contributed by atoms with Crippen LogP contribution in [0.25, 0.3) is 0 Å². The highest BCUT2D eigenvalue weighted by Gasteiger charge is 2.02. The van der Waals surface area contributed by atoms with Gasteiger partial charge >= 0.3 is 5.97 Å². The van der Waals surface area contributed by atoms with Gasteiger partial charge in [0.05, 0.1) is 11.3 Å². The van der Waals surface area contributed by atoms with E-state index in [2.05, 4.69) is 16.4 Å². The number of aromatic carboxylic acids is 1. The van der Waals surface area contributed by atoms with Crippen LogP contribution in [-0.4, -0.2) is 16.1 Å². The first-order valence-corrected chi connectivity index (χ1v) is 6.52. The molecule has 0 aliphatic carbocycles. The lowest BCUT2D eigenvalue weighted by Crippen LogP contribution is -2.14. The number of carboxylic acids is 1. The van der Waals surface area contributed by atoms with Crippen molar-refractivity contribution in [3.8, 4) is 0 Å². The molecule has 0 saturated heterocycles. The van der Waals surface area contributed by atoms with Crippen molar-refractivity contribution in [3.05, 3.63) is 64.5 Å². The van der Waals surface area contributed by atoms with Gasteiger partial charge in [0.15, 0.2) is 0 Å². The molecule has 104 valence electrons. The lowest BCUT2D eigenvalue weighted by atomic mass is 10.1. The van der Waals surface area contributed by atoms with Gasteiger partial charge in [0, 0.05) is 18.8 Å². The van der Waals surface area contributed by atoms with Crippen LogP contribution in [0.3, 0.4) is 0 Å². The third kappa shape index (κ3) is 3.65. The molecule has 1 heterocycles. The fourth-order valence-electron chi connectivity index (χ4n) is 1.88. The first-order chi connectivity index (χ1) is 9.56. The van der Waals surface area contributed by atoms with Crippen LogP contribution < -0.4 is 5.32 Å². The fourth-order valence-corrected chi connectivity index (χ4v) is 1.88. The van der Waals surface area contributed by atoms with Crippen molar-refractivity contribution in [3.63, 3.8) is 0 Å². The van der Waals surface area contributed by atoms with E-state index in [1.807, 2.05) is 32.0 Å². The van der Waals surface area contributed by atoms with Crippen molar-refractivity contribution < 1.29 is 9.90 Å². The number of aromatic nitrogens is 1. The van der Waals surface area contributed by atoms with Crippen LogP contribution in [0.15, 0.2) is 36.4 Å². The molecule has 1 aromatic carbocycles. The van der Waals surface area contributed by atoms with Crippen molar-refractivity contribution in [2.75, 3.05) is 0 Å². The lowest BCUT2D eigenvalue weighted by Gasteiger charge is -2.07. The molecule has 0 atom stereocenters. The summed E-state index contributed by atoms with van der Waals surface area (Å²) in [5.74, 6) is -0.899. The number of carbonyl (C=O) groups is 1. The molecule has 0 unspecified atom stereocenters. The number of hydrogen-bond donors (Lipinski definition) is 2. The van der Waals surface area contributed by atoms with Crippen LogP contribution in [-0.2, 0) is 13.1 Å². The Morgan fingerprint density at radius 1 is 1.10 bits per heavy atom. The molecule has 0 saturated carbocycles. The maximum atomic E-state index is 10.7. The van der Waals surface area contributed by atoms with Gasteiger partial charge in [-0.1, -0.05) is 18.2 Å². The SMILES string of the molecule is Cc1ccc(CNCc2ccc(C(=O)O)cc2)nc1C. The minimum Gasteiger partial charge on any atom is -0.478 e. The number of carboxylic acid groups (broad SMARTS) is 1. The summed E-state index contributed by atoms with van der Waals surface area (Å²) in [5, 5.41) is 12.1. The topological polar surface area (TPSA) is 62.2 Å². The van der Waals surface area contributed by atoms with Crippen LogP contribution in [0.4, 0.5) is 0 Å². The number of benzene rings is 1. The summed E-state index contributed by atoms with van der Waals surface area (Å²) in [6, 6.07) is 11.0. The van der Waals surface area contributed by atoms with Crippen molar-refractivity contribution in [1.29, 1.82) is 0 Å². The molecule has 2 rings (SSSR count). The van der Waals surface area contributed by atoms with Crippen molar-refractivity contribution in [2.45, 2.75) is 26.9 Å². The Kier molecular flexibility index (Phi) is 4.48. The normalized spacial score (nSPS) is 10.5. The number of pyridine rings is 1. The molecule has 0 aliphatic rings. The van der Waals surface area contributed by atoms with E-state index in [-0.39, 0.29) is 0 Å². The van der Waals surface area contributed by atoms with Crippen LogP contribution in [0.2, 0.25) is 0 Å². The van der Waals surface area contributed by atoms with Gasteiger partial charge in [-0.25, -0.2) is 4.79 Å². The van der Waals surface area contributed by atoms with Crippen molar-refractivity contribution >= 4 is 5.97 Å². The Morgan fingerprint density at radius 2 is 1.80 bits per heavy atom. The number of nitrogens with one attached hydrogen (secondary N) is 1. The zero-order valence-electron chi connectivity index (χ0n) is 11.7. The van der Waals surface area contributed by atoms with Crippen LogP contribution in [0, 0.1) is 13.8 Å². The molecule has 0 amide bonds. The van der Waals surface area contributed by atoms with E-state index in [9.17, 15) is 4.79 Å². The minimum absolute atomic E-state index is 0.310. The number of nitrogens with zero attached hydrogens (tertiary/aromatic N) is 1. The van der Waals surface area contributed by atoms with Gasteiger partial charge in [0.25, 0.3) is 0 Å². The smallest absolute Gasteiger partial charge is 0.335 e. The van der Waals surface area contributed by atoms with E-state index in [0.717, 1.165) is 17.0 Å². The fraction of sp³-hybridized carbons (Fsp3) is 0.250. The van der Waals surface area contributed by atoms with E-state index >= 15 is 0 Å². The van der Waals surface area contributed by atoms with E-state index in [1.165, 1.54) is 5.56 Å². The molecule has 20 heavy (non-hydrogen) atoms. The second kappa shape index (κ2) is 6.30. The summed E-state index contributed by atoms with van der Waals surface area (Å²) < 4.78 is 0. The highest BCUT2D eigenvalue weighted by atomic mass is 16.4. The quantitative estimate of drug-likeness (QED) is 0.877. The highest BCUT2D eigenvalue weighted by molar-refractivity contribution is 5.87. The maximum absolute atomic E-state index is 10.7.